The maximum Gasteiger partial charge on any atom is 0.250 e. The number of nitrogens with zero attached hydrogens (tertiary/aromatic N) is 1. The number of hydrogen-bond acceptors (Lipinski definition) is 7. The highest BCUT2D eigenvalue weighted by atomic mass is 32.1. The van der Waals surface area contributed by atoms with Gasteiger partial charge in [0.05, 0.1) is 32.1 Å². The fourth-order valence-corrected chi connectivity index (χ4v) is 4.39. The molecular weight excluding hydrogens is 466 g/mol. The predicted octanol–water partition coefficient (Wildman–Crippen LogP) is 5.03. The summed E-state index contributed by atoms with van der Waals surface area (Å²) >= 11 is 1.23. The second-order valence-electron chi connectivity index (χ2n) is 7.76. The number of benzene rings is 2. The van der Waals surface area contributed by atoms with E-state index in [4.69, 9.17) is 19.6 Å². The third-order valence-corrected chi connectivity index (χ3v) is 6.09. The Morgan fingerprint density at radius 3 is 2.69 bits per heavy atom. The standard InChI is InChI=1S/C26H25N3O5S/c1-4-33-22-12-23-20(21(13-34-23)16-5-7-18(32-3)8-6-16)11-19(22)15(2)9-25(31)29-26-28-17(14-35-26)10-24(27)30/h5-9,11-14H,4,10H2,1-3H3,(H2,27,30)(H,28,29,31)/b15-9+. The largest absolute Gasteiger partial charge is 0.497 e. The molecule has 180 valence electrons. The lowest BCUT2D eigenvalue weighted by Crippen LogP contribution is -2.14. The van der Waals surface area contributed by atoms with Crippen LogP contribution in [0.15, 0.2) is 58.5 Å². The number of primary amides is 1. The van der Waals surface area contributed by atoms with Crippen molar-refractivity contribution in [2.24, 2.45) is 5.73 Å². The lowest BCUT2D eigenvalue weighted by Gasteiger charge is -2.11. The van der Waals surface area contributed by atoms with Crippen molar-refractivity contribution < 1.29 is 23.5 Å². The predicted molar refractivity (Wildman–Crippen MR) is 137 cm³/mol. The Hall–Kier alpha value is -4.11. The van der Waals surface area contributed by atoms with Crippen molar-refractivity contribution in [2.75, 3.05) is 19.0 Å². The first-order valence-corrected chi connectivity index (χ1v) is 11.8. The van der Waals surface area contributed by atoms with Gasteiger partial charge in [0, 0.05) is 34.0 Å². The number of anilines is 1. The Balaban J connectivity index is 1.65. The van der Waals surface area contributed by atoms with Crippen LogP contribution in [0.1, 0.15) is 25.1 Å². The average molecular weight is 492 g/mol. The van der Waals surface area contributed by atoms with E-state index >= 15 is 0 Å². The lowest BCUT2D eigenvalue weighted by atomic mass is 9.99. The number of ether oxygens (including phenoxy) is 2. The van der Waals surface area contributed by atoms with Gasteiger partial charge in [-0.3, -0.25) is 14.9 Å². The molecule has 0 aliphatic carbocycles. The zero-order valence-electron chi connectivity index (χ0n) is 19.6. The first-order valence-electron chi connectivity index (χ1n) is 10.9. The second kappa shape index (κ2) is 10.4. The normalized spacial score (nSPS) is 11.5. The van der Waals surface area contributed by atoms with E-state index in [1.54, 1.807) is 18.8 Å². The van der Waals surface area contributed by atoms with Crippen molar-refractivity contribution in [3.8, 4) is 22.6 Å². The van der Waals surface area contributed by atoms with Crippen LogP contribution in [0.2, 0.25) is 0 Å². The van der Waals surface area contributed by atoms with Gasteiger partial charge in [-0.05, 0) is 43.2 Å². The molecule has 4 aromatic rings. The highest BCUT2D eigenvalue weighted by Crippen LogP contribution is 2.38. The number of thiazole rings is 1. The average Bonchev–Trinajstić information content (AvgIpc) is 3.44. The van der Waals surface area contributed by atoms with Crippen LogP contribution in [0.4, 0.5) is 5.13 Å². The number of nitrogens with two attached hydrogens (primary N) is 1. The SMILES string of the molecule is CCOc1cc2occ(-c3ccc(OC)cc3)c2cc1/C(C)=C/C(=O)Nc1nc(CC(N)=O)cs1. The molecule has 8 nitrogen and oxygen atoms in total. The highest BCUT2D eigenvalue weighted by Gasteiger charge is 2.16. The van der Waals surface area contributed by atoms with Gasteiger partial charge in [-0.1, -0.05) is 12.1 Å². The molecule has 4 rings (SSSR count). The number of aromatic nitrogens is 1. The smallest absolute Gasteiger partial charge is 0.250 e. The summed E-state index contributed by atoms with van der Waals surface area (Å²) in [5.74, 6) is 0.575. The van der Waals surface area contributed by atoms with Crippen LogP contribution < -0.4 is 20.5 Å². The van der Waals surface area contributed by atoms with Crippen molar-refractivity contribution in [1.82, 2.24) is 4.98 Å². The van der Waals surface area contributed by atoms with Gasteiger partial charge >= 0.3 is 0 Å². The van der Waals surface area contributed by atoms with Gasteiger partial charge in [0.2, 0.25) is 11.8 Å². The quantitative estimate of drug-likeness (QED) is 0.317. The molecule has 0 spiro atoms. The summed E-state index contributed by atoms with van der Waals surface area (Å²) in [6, 6.07) is 11.5. The molecule has 0 aliphatic rings. The molecule has 2 heterocycles. The fourth-order valence-electron chi connectivity index (χ4n) is 3.67. The number of allylic oxidation sites excluding steroid dienone is 1. The number of carbonyl (C=O) groups excluding carboxylic acids is 2. The molecule has 0 bridgehead atoms. The van der Waals surface area contributed by atoms with Crippen molar-refractivity contribution in [2.45, 2.75) is 20.3 Å². The Morgan fingerprint density at radius 2 is 2.00 bits per heavy atom. The molecule has 0 radical (unpaired) electrons. The summed E-state index contributed by atoms with van der Waals surface area (Å²) in [5.41, 5.74) is 9.80. The van der Waals surface area contributed by atoms with E-state index in [1.165, 1.54) is 17.4 Å². The van der Waals surface area contributed by atoms with E-state index < -0.39 is 5.91 Å². The van der Waals surface area contributed by atoms with Gasteiger partial charge in [-0.2, -0.15) is 0 Å². The Kier molecular flexibility index (Phi) is 7.17. The van der Waals surface area contributed by atoms with E-state index in [9.17, 15) is 9.59 Å². The maximum absolute atomic E-state index is 12.7. The zero-order chi connectivity index (χ0) is 24.9. The Morgan fingerprint density at radius 1 is 1.23 bits per heavy atom. The molecular formula is C26H25N3O5S. The molecule has 9 heteroatoms. The van der Waals surface area contributed by atoms with Crippen LogP contribution in [0, 0.1) is 0 Å². The number of carbonyl (C=O) groups is 2. The summed E-state index contributed by atoms with van der Waals surface area (Å²) in [4.78, 5) is 28.0. The maximum atomic E-state index is 12.7. The summed E-state index contributed by atoms with van der Waals surface area (Å²) < 4.78 is 16.9. The van der Waals surface area contributed by atoms with E-state index in [0.29, 0.717) is 34.3 Å². The highest BCUT2D eigenvalue weighted by molar-refractivity contribution is 7.14. The molecule has 0 aliphatic heterocycles. The van der Waals surface area contributed by atoms with Crippen LogP contribution in [0.5, 0.6) is 11.5 Å². The van der Waals surface area contributed by atoms with Gasteiger partial charge in [0.1, 0.15) is 17.1 Å². The molecule has 0 atom stereocenters. The van der Waals surface area contributed by atoms with Crippen molar-refractivity contribution >= 4 is 44.8 Å². The number of amides is 2. The van der Waals surface area contributed by atoms with E-state index in [1.807, 2.05) is 50.2 Å². The minimum Gasteiger partial charge on any atom is -0.497 e. The molecule has 2 amide bonds. The number of nitrogens with one attached hydrogen (secondary N) is 1. The molecule has 35 heavy (non-hydrogen) atoms. The van der Waals surface area contributed by atoms with Crippen molar-refractivity contribution in [1.29, 1.82) is 0 Å². The molecule has 3 N–H and O–H groups in total. The Bertz CT molecular complexity index is 1400. The third kappa shape index (κ3) is 5.52. The first-order chi connectivity index (χ1) is 16.9. The van der Waals surface area contributed by atoms with Gasteiger partial charge in [0.25, 0.3) is 0 Å². The van der Waals surface area contributed by atoms with Crippen LogP contribution in [0.3, 0.4) is 0 Å². The minimum absolute atomic E-state index is 0.0280. The summed E-state index contributed by atoms with van der Waals surface area (Å²) in [7, 11) is 1.63. The summed E-state index contributed by atoms with van der Waals surface area (Å²) in [6.07, 6.45) is 3.23. The van der Waals surface area contributed by atoms with Crippen LogP contribution in [0.25, 0.3) is 27.7 Å². The number of fused-ring (bicyclic) bond motifs is 1. The lowest BCUT2D eigenvalue weighted by molar-refractivity contribution is -0.117. The van der Waals surface area contributed by atoms with Gasteiger partial charge in [-0.25, -0.2) is 4.98 Å². The summed E-state index contributed by atoms with van der Waals surface area (Å²) in [5, 5.41) is 5.73. The molecule has 0 saturated carbocycles. The number of rotatable bonds is 9. The molecule has 0 unspecified atom stereocenters. The third-order valence-electron chi connectivity index (χ3n) is 5.29. The monoisotopic (exact) mass is 491 g/mol. The molecule has 2 aromatic heterocycles. The van der Waals surface area contributed by atoms with Crippen LogP contribution >= 0.6 is 11.3 Å². The van der Waals surface area contributed by atoms with E-state index in [-0.39, 0.29) is 12.3 Å². The van der Waals surface area contributed by atoms with Crippen molar-refractivity contribution in [3.63, 3.8) is 0 Å². The second-order valence-corrected chi connectivity index (χ2v) is 8.62. The Labute approximate surface area is 206 Å². The summed E-state index contributed by atoms with van der Waals surface area (Å²) in [6.45, 7) is 4.21. The van der Waals surface area contributed by atoms with Gasteiger partial charge in [0.15, 0.2) is 5.13 Å². The zero-order valence-corrected chi connectivity index (χ0v) is 20.4. The minimum atomic E-state index is -0.476. The number of furan rings is 1. The number of hydrogen-bond donors (Lipinski definition) is 2. The molecule has 0 saturated heterocycles. The first kappa shape index (κ1) is 24.0. The van der Waals surface area contributed by atoms with E-state index in [0.717, 1.165) is 27.8 Å². The van der Waals surface area contributed by atoms with Crippen LogP contribution in [-0.4, -0.2) is 30.5 Å². The molecule has 0 fully saturated rings. The van der Waals surface area contributed by atoms with Gasteiger partial charge in [-0.15, -0.1) is 11.3 Å². The molecule has 2 aromatic carbocycles. The topological polar surface area (TPSA) is 117 Å². The van der Waals surface area contributed by atoms with Crippen molar-refractivity contribution in [3.05, 3.63) is 65.4 Å². The van der Waals surface area contributed by atoms with Crippen LogP contribution in [-0.2, 0) is 16.0 Å². The van der Waals surface area contributed by atoms with Gasteiger partial charge < -0.3 is 19.6 Å². The number of methoxy groups -OCH3 is 1. The fraction of sp³-hybridized carbons (Fsp3) is 0.192. The van der Waals surface area contributed by atoms with E-state index in [2.05, 4.69) is 10.3 Å².